The second kappa shape index (κ2) is 13.8. The molecule has 0 saturated carbocycles. The summed E-state index contributed by atoms with van der Waals surface area (Å²) in [5.74, 6) is -1.31. The topological polar surface area (TPSA) is 122 Å². The molecule has 0 saturated heterocycles. The maximum Gasteiger partial charge on any atom is 0.410 e. The van der Waals surface area contributed by atoms with Crippen LogP contribution >= 0.6 is 11.6 Å². The van der Waals surface area contributed by atoms with Gasteiger partial charge in [0, 0.05) is 17.8 Å². The molecule has 3 rings (SSSR count). The first-order valence-electron chi connectivity index (χ1n) is 12.2. The van der Waals surface area contributed by atoms with Crippen LogP contribution in [0.4, 0.5) is 16.2 Å². The van der Waals surface area contributed by atoms with E-state index in [1.54, 1.807) is 26.0 Å². The summed E-state index contributed by atoms with van der Waals surface area (Å²) < 4.78 is 38.6. The van der Waals surface area contributed by atoms with Crippen molar-refractivity contribution in [2.45, 2.75) is 31.5 Å². The third kappa shape index (κ3) is 8.72. The summed E-state index contributed by atoms with van der Waals surface area (Å²) in [5.41, 5.74) is 1.14. The van der Waals surface area contributed by atoms with Crippen LogP contribution in [0.3, 0.4) is 0 Å². The van der Waals surface area contributed by atoms with E-state index in [2.05, 4.69) is 5.32 Å². The van der Waals surface area contributed by atoms with E-state index >= 15 is 0 Å². The van der Waals surface area contributed by atoms with Crippen LogP contribution < -0.4 is 9.62 Å². The average molecular weight is 588 g/mol. The van der Waals surface area contributed by atoms with Gasteiger partial charge in [0.25, 0.3) is 10.0 Å². The number of carbonyl (C=O) groups excluding carboxylic acids is 3. The zero-order valence-electron chi connectivity index (χ0n) is 22.2. The Balaban J connectivity index is 1.73. The monoisotopic (exact) mass is 587 g/mol. The summed E-state index contributed by atoms with van der Waals surface area (Å²) in [6, 6.07) is 20.7. The number of halogens is 1. The number of amides is 2. The van der Waals surface area contributed by atoms with Crippen molar-refractivity contribution in [3.8, 4) is 0 Å². The molecule has 0 heterocycles. The fourth-order valence-electron chi connectivity index (χ4n) is 3.54. The number of hydrogen-bond donors (Lipinski definition) is 1. The van der Waals surface area contributed by atoms with Gasteiger partial charge in [-0.05, 0) is 55.8 Å². The van der Waals surface area contributed by atoms with Crippen molar-refractivity contribution < 1.29 is 32.3 Å². The van der Waals surface area contributed by atoms with Crippen molar-refractivity contribution in [2.24, 2.45) is 0 Å². The Morgan fingerprint density at radius 3 is 2.30 bits per heavy atom. The van der Waals surface area contributed by atoms with Crippen LogP contribution in [0.15, 0.2) is 83.8 Å². The number of esters is 1. The lowest BCUT2D eigenvalue weighted by atomic mass is 10.2. The van der Waals surface area contributed by atoms with Crippen LogP contribution in [-0.2, 0) is 35.7 Å². The van der Waals surface area contributed by atoms with Gasteiger partial charge in [-0.2, -0.15) is 0 Å². The third-order valence-corrected chi connectivity index (χ3v) is 7.34. The minimum absolute atomic E-state index is 0.0549. The first kappa shape index (κ1) is 30.5. The van der Waals surface area contributed by atoms with Gasteiger partial charge in [-0.25, -0.2) is 13.2 Å². The molecule has 0 aliphatic rings. The third-order valence-electron chi connectivity index (χ3n) is 5.34. The lowest BCUT2D eigenvalue weighted by Crippen LogP contribution is -2.37. The van der Waals surface area contributed by atoms with Gasteiger partial charge < -0.3 is 19.7 Å². The molecular formula is C28H30ClN3O7S. The van der Waals surface area contributed by atoms with E-state index < -0.39 is 40.6 Å². The van der Waals surface area contributed by atoms with Crippen molar-refractivity contribution in [3.63, 3.8) is 0 Å². The van der Waals surface area contributed by atoms with Crippen molar-refractivity contribution in [2.75, 3.05) is 29.8 Å². The van der Waals surface area contributed by atoms with Gasteiger partial charge in [-0.3, -0.25) is 13.9 Å². The Kier molecular flexibility index (Phi) is 10.5. The molecule has 3 aromatic carbocycles. The molecule has 3 aromatic rings. The molecule has 40 heavy (non-hydrogen) atoms. The number of likely N-dealkylation sites (N-methyl/N-ethyl adjacent to an activating group) is 1. The van der Waals surface area contributed by atoms with Crippen molar-refractivity contribution in [1.82, 2.24) is 4.90 Å². The summed E-state index contributed by atoms with van der Waals surface area (Å²) in [6.07, 6.45) is -1.13. The Morgan fingerprint density at radius 1 is 0.925 bits per heavy atom. The van der Waals surface area contributed by atoms with Gasteiger partial charge in [0.2, 0.25) is 5.91 Å². The number of hydrogen-bond acceptors (Lipinski definition) is 7. The van der Waals surface area contributed by atoms with Crippen LogP contribution in [0.25, 0.3) is 0 Å². The van der Waals surface area contributed by atoms with E-state index in [4.69, 9.17) is 21.1 Å². The normalized spacial score (nSPS) is 11.0. The van der Waals surface area contributed by atoms with Crippen LogP contribution in [-0.4, -0.2) is 57.5 Å². The van der Waals surface area contributed by atoms with Crippen molar-refractivity contribution in [3.05, 3.63) is 89.4 Å². The van der Waals surface area contributed by atoms with Crippen molar-refractivity contribution in [1.29, 1.82) is 0 Å². The summed E-state index contributed by atoms with van der Waals surface area (Å²) in [5, 5.41) is 2.86. The van der Waals surface area contributed by atoms with E-state index in [-0.39, 0.29) is 34.4 Å². The summed E-state index contributed by atoms with van der Waals surface area (Å²) >= 11 is 6.08. The molecule has 0 aromatic heterocycles. The molecule has 0 unspecified atom stereocenters. The van der Waals surface area contributed by atoms with Gasteiger partial charge in [0.1, 0.15) is 19.7 Å². The van der Waals surface area contributed by atoms with Crippen LogP contribution in [0.1, 0.15) is 19.4 Å². The molecule has 0 aliphatic carbocycles. The minimum atomic E-state index is -4.29. The zero-order valence-corrected chi connectivity index (χ0v) is 23.8. The Labute approximate surface area is 238 Å². The smallest absolute Gasteiger partial charge is 0.410 e. The van der Waals surface area contributed by atoms with Crippen LogP contribution in [0, 0.1) is 0 Å². The number of nitrogens with zero attached hydrogens (tertiary/aromatic N) is 2. The lowest BCUT2D eigenvalue weighted by Gasteiger charge is -2.24. The largest absolute Gasteiger partial charge is 0.462 e. The Morgan fingerprint density at radius 2 is 1.62 bits per heavy atom. The standard InChI is InChI=1S/C28H30ClN3O7S/c1-20(2)39-27(34)18-32(24-13-7-11-22(29)15-24)40(36,37)25-14-8-12-23(16-25)30-26(33)17-31(3)28(35)38-19-21-9-5-4-6-10-21/h4-16,20H,17-19H2,1-3H3,(H,30,33). The number of ether oxygens (including phenoxy) is 2. The molecule has 0 spiro atoms. The molecule has 12 heteroatoms. The summed E-state index contributed by atoms with van der Waals surface area (Å²) in [4.78, 5) is 38.2. The first-order chi connectivity index (χ1) is 19.0. The lowest BCUT2D eigenvalue weighted by molar-refractivity contribution is -0.145. The second-order valence-corrected chi connectivity index (χ2v) is 11.3. The Bertz CT molecular complexity index is 1450. The van der Waals surface area contributed by atoms with Gasteiger partial charge in [-0.1, -0.05) is 54.1 Å². The molecule has 0 atom stereocenters. The van der Waals surface area contributed by atoms with Crippen LogP contribution in [0.5, 0.6) is 0 Å². The maximum absolute atomic E-state index is 13.7. The highest BCUT2D eigenvalue weighted by Gasteiger charge is 2.29. The number of sulfonamides is 1. The SMILES string of the molecule is CC(C)OC(=O)CN(c1cccc(Cl)c1)S(=O)(=O)c1cccc(NC(=O)CN(C)C(=O)OCc2ccccc2)c1. The van der Waals surface area contributed by atoms with Gasteiger partial charge in [-0.15, -0.1) is 0 Å². The fourth-order valence-corrected chi connectivity index (χ4v) is 5.17. The second-order valence-electron chi connectivity index (χ2n) is 9.00. The molecule has 0 fully saturated rings. The molecule has 212 valence electrons. The highest BCUT2D eigenvalue weighted by atomic mass is 35.5. The quantitative estimate of drug-likeness (QED) is 0.323. The molecule has 0 radical (unpaired) electrons. The Hall–Kier alpha value is -4.09. The van der Waals surface area contributed by atoms with E-state index in [1.807, 2.05) is 30.3 Å². The van der Waals surface area contributed by atoms with E-state index in [0.29, 0.717) is 0 Å². The predicted molar refractivity (Wildman–Crippen MR) is 152 cm³/mol. The molecule has 2 amide bonds. The minimum Gasteiger partial charge on any atom is -0.462 e. The summed E-state index contributed by atoms with van der Waals surface area (Å²) in [6.45, 7) is 2.44. The van der Waals surface area contributed by atoms with Gasteiger partial charge in [0.15, 0.2) is 0 Å². The molecule has 0 bridgehead atoms. The first-order valence-corrected chi connectivity index (χ1v) is 14.1. The number of rotatable bonds is 11. The highest BCUT2D eigenvalue weighted by Crippen LogP contribution is 2.27. The summed E-state index contributed by atoms with van der Waals surface area (Å²) in [7, 11) is -2.88. The molecule has 10 nitrogen and oxygen atoms in total. The number of anilines is 2. The van der Waals surface area contributed by atoms with Crippen LogP contribution in [0.2, 0.25) is 5.02 Å². The van der Waals surface area contributed by atoms with E-state index in [9.17, 15) is 22.8 Å². The fraction of sp³-hybridized carbons (Fsp3) is 0.250. The predicted octanol–water partition coefficient (Wildman–Crippen LogP) is 4.69. The number of carbonyl (C=O) groups is 3. The zero-order chi connectivity index (χ0) is 29.3. The van der Waals surface area contributed by atoms with Gasteiger partial charge in [0.05, 0.1) is 16.7 Å². The molecule has 0 aliphatic heterocycles. The van der Waals surface area contributed by atoms with E-state index in [1.165, 1.54) is 43.4 Å². The average Bonchev–Trinajstić information content (AvgIpc) is 2.90. The van der Waals surface area contributed by atoms with Crippen molar-refractivity contribution >= 4 is 51.0 Å². The van der Waals surface area contributed by atoms with Gasteiger partial charge >= 0.3 is 12.1 Å². The van der Waals surface area contributed by atoms with E-state index in [0.717, 1.165) is 14.8 Å². The molecule has 1 N–H and O–H groups in total. The number of benzene rings is 3. The maximum atomic E-state index is 13.7. The highest BCUT2D eigenvalue weighted by molar-refractivity contribution is 7.92. The molecular weight excluding hydrogens is 558 g/mol. The number of nitrogens with one attached hydrogen (secondary N) is 1.